The largest absolute Gasteiger partial charge is 0.508 e. The van der Waals surface area contributed by atoms with Gasteiger partial charge in [0.1, 0.15) is 17.7 Å². The monoisotopic (exact) mass is 230 g/mol. The summed E-state index contributed by atoms with van der Waals surface area (Å²) < 4.78 is 13.2. The van der Waals surface area contributed by atoms with Crippen LogP contribution in [0.15, 0.2) is 18.2 Å². The lowest BCUT2D eigenvalue weighted by Gasteiger charge is -2.17. The molecule has 0 amide bonds. The molecule has 0 aromatic heterocycles. The van der Waals surface area contributed by atoms with Gasteiger partial charge in [-0.05, 0) is 18.2 Å². The van der Waals surface area contributed by atoms with Gasteiger partial charge in [0.15, 0.2) is 0 Å². The van der Waals surface area contributed by atoms with Crippen molar-refractivity contribution in [3.8, 4) is 5.75 Å². The van der Waals surface area contributed by atoms with Crippen molar-refractivity contribution >= 4 is 5.97 Å². The van der Waals surface area contributed by atoms with Gasteiger partial charge in [-0.15, -0.1) is 0 Å². The summed E-state index contributed by atoms with van der Waals surface area (Å²) in [5.41, 5.74) is -0.339. The number of rotatable bonds is 4. The second-order valence-electron chi connectivity index (χ2n) is 3.32. The van der Waals surface area contributed by atoms with E-state index in [1.54, 1.807) is 0 Å². The first kappa shape index (κ1) is 12.4. The third-order valence-electron chi connectivity index (χ3n) is 2.05. The summed E-state index contributed by atoms with van der Waals surface area (Å²) in [5.74, 6) is -2.42. The molecule has 0 saturated heterocycles. The van der Waals surface area contributed by atoms with E-state index in [0.717, 1.165) is 18.2 Å². The molecule has 5 nitrogen and oxygen atoms in total. The van der Waals surface area contributed by atoms with Crippen molar-refractivity contribution in [1.29, 1.82) is 0 Å². The first-order chi connectivity index (χ1) is 7.41. The standard InChI is InChI=1S/C10H11FO5/c11-7-2-1-5(12)3-6(7)10(16)8(13)4-9(14)15/h1-3,8,10,12-13,16H,4H2,(H,14,15). The molecule has 0 aliphatic rings. The maximum atomic E-state index is 13.2. The van der Waals surface area contributed by atoms with Gasteiger partial charge >= 0.3 is 5.97 Å². The maximum absolute atomic E-state index is 13.2. The normalized spacial score (nSPS) is 14.4. The van der Waals surface area contributed by atoms with Crippen LogP contribution in [0.2, 0.25) is 0 Å². The van der Waals surface area contributed by atoms with E-state index in [4.69, 9.17) is 10.2 Å². The summed E-state index contributed by atoms with van der Waals surface area (Å²) in [4.78, 5) is 10.3. The zero-order chi connectivity index (χ0) is 12.3. The maximum Gasteiger partial charge on any atom is 0.306 e. The minimum absolute atomic E-state index is 0.280. The highest BCUT2D eigenvalue weighted by molar-refractivity contribution is 5.67. The first-order valence-corrected chi connectivity index (χ1v) is 4.48. The van der Waals surface area contributed by atoms with Crippen LogP contribution in [0.25, 0.3) is 0 Å². The number of aliphatic carboxylic acids is 1. The van der Waals surface area contributed by atoms with Crippen LogP contribution in [-0.4, -0.2) is 32.5 Å². The Bertz CT molecular complexity index is 393. The molecule has 88 valence electrons. The highest BCUT2D eigenvalue weighted by Gasteiger charge is 2.24. The Morgan fingerprint density at radius 1 is 1.38 bits per heavy atom. The molecule has 0 radical (unpaired) electrons. The minimum Gasteiger partial charge on any atom is -0.508 e. The van der Waals surface area contributed by atoms with Crippen molar-refractivity contribution in [3.05, 3.63) is 29.6 Å². The van der Waals surface area contributed by atoms with E-state index >= 15 is 0 Å². The van der Waals surface area contributed by atoms with Crippen LogP contribution in [0.1, 0.15) is 18.1 Å². The molecule has 0 spiro atoms. The second kappa shape index (κ2) is 4.91. The lowest BCUT2D eigenvalue weighted by molar-refractivity contribution is -0.141. The molecule has 0 fully saturated rings. The number of benzene rings is 1. The molecule has 0 bridgehead atoms. The molecule has 1 aromatic rings. The summed E-state index contributed by atoms with van der Waals surface area (Å²) in [7, 11) is 0. The van der Waals surface area contributed by atoms with Gasteiger partial charge in [-0.25, -0.2) is 4.39 Å². The molecule has 0 aliphatic carbocycles. The SMILES string of the molecule is O=C(O)CC(O)C(O)c1cc(O)ccc1F. The van der Waals surface area contributed by atoms with Crippen LogP contribution in [0.3, 0.4) is 0 Å². The summed E-state index contributed by atoms with van der Waals surface area (Å²) in [6.07, 6.45) is -4.03. The molecule has 2 unspecified atom stereocenters. The van der Waals surface area contributed by atoms with Crippen molar-refractivity contribution in [1.82, 2.24) is 0 Å². The number of aromatic hydroxyl groups is 1. The molecule has 1 rings (SSSR count). The second-order valence-corrected chi connectivity index (χ2v) is 3.32. The Kier molecular flexibility index (Phi) is 3.81. The number of aliphatic hydroxyl groups excluding tert-OH is 2. The Labute approximate surface area is 90.4 Å². The number of carboxylic acid groups (broad SMARTS) is 1. The van der Waals surface area contributed by atoms with Crippen LogP contribution < -0.4 is 0 Å². The minimum atomic E-state index is -1.69. The predicted octanol–water partition coefficient (Wildman–Crippen LogP) is 0.400. The molecule has 1 aromatic carbocycles. The number of phenols is 1. The molecule has 2 atom stereocenters. The van der Waals surface area contributed by atoms with Crippen LogP contribution in [-0.2, 0) is 4.79 Å². The zero-order valence-corrected chi connectivity index (χ0v) is 8.17. The van der Waals surface area contributed by atoms with Crippen molar-refractivity contribution in [3.63, 3.8) is 0 Å². The molecule has 0 aliphatic heterocycles. The number of aliphatic hydroxyl groups is 2. The van der Waals surface area contributed by atoms with Gasteiger partial charge in [0.25, 0.3) is 0 Å². The number of phenolic OH excluding ortho intramolecular Hbond substituents is 1. The van der Waals surface area contributed by atoms with Gasteiger partial charge in [-0.2, -0.15) is 0 Å². The summed E-state index contributed by atoms with van der Waals surface area (Å²) >= 11 is 0. The number of carboxylic acids is 1. The number of halogens is 1. The lowest BCUT2D eigenvalue weighted by Crippen LogP contribution is -2.22. The lowest BCUT2D eigenvalue weighted by atomic mass is 10.0. The highest BCUT2D eigenvalue weighted by Crippen LogP contribution is 2.25. The molecule has 4 N–H and O–H groups in total. The van der Waals surface area contributed by atoms with E-state index in [2.05, 4.69) is 0 Å². The summed E-state index contributed by atoms with van der Waals surface area (Å²) in [5, 5.41) is 36.2. The van der Waals surface area contributed by atoms with Crippen molar-refractivity contribution in [2.45, 2.75) is 18.6 Å². The Hall–Kier alpha value is -1.66. The molecule has 0 saturated carbocycles. The van der Waals surface area contributed by atoms with E-state index in [1.165, 1.54) is 0 Å². The molecule has 0 heterocycles. The average Bonchev–Trinajstić information content (AvgIpc) is 2.19. The van der Waals surface area contributed by atoms with Gasteiger partial charge in [0.2, 0.25) is 0 Å². The molecular formula is C10H11FO5. The van der Waals surface area contributed by atoms with Gasteiger partial charge in [-0.3, -0.25) is 4.79 Å². The third kappa shape index (κ3) is 2.91. The first-order valence-electron chi connectivity index (χ1n) is 4.48. The smallest absolute Gasteiger partial charge is 0.306 e. The number of hydrogen-bond acceptors (Lipinski definition) is 4. The predicted molar refractivity (Wildman–Crippen MR) is 51.3 cm³/mol. The van der Waals surface area contributed by atoms with Gasteiger partial charge < -0.3 is 20.4 Å². The fourth-order valence-corrected chi connectivity index (χ4v) is 1.26. The van der Waals surface area contributed by atoms with Gasteiger partial charge in [0, 0.05) is 5.56 Å². The van der Waals surface area contributed by atoms with Gasteiger partial charge in [-0.1, -0.05) is 0 Å². The van der Waals surface area contributed by atoms with Crippen molar-refractivity contribution in [2.24, 2.45) is 0 Å². The Morgan fingerprint density at radius 2 is 2.00 bits per heavy atom. The molecule has 6 heteroatoms. The van der Waals surface area contributed by atoms with Crippen molar-refractivity contribution in [2.75, 3.05) is 0 Å². The Morgan fingerprint density at radius 3 is 2.56 bits per heavy atom. The van der Waals surface area contributed by atoms with E-state index in [-0.39, 0.29) is 11.3 Å². The topological polar surface area (TPSA) is 98.0 Å². The van der Waals surface area contributed by atoms with E-state index in [1.807, 2.05) is 0 Å². The van der Waals surface area contributed by atoms with Crippen LogP contribution in [0, 0.1) is 5.82 Å². The Balaban J connectivity index is 2.90. The van der Waals surface area contributed by atoms with Crippen LogP contribution in [0.4, 0.5) is 4.39 Å². The van der Waals surface area contributed by atoms with Crippen LogP contribution in [0.5, 0.6) is 5.75 Å². The molecule has 16 heavy (non-hydrogen) atoms. The average molecular weight is 230 g/mol. The fourth-order valence-electron chi connectivity index (χ4n) is 1.26. The van der Waals surface area contributed by atoms with E-state index in [9.17, 15) is 19.4 Å². The molecular weight excluding hydrogens is 219 g/mol. The van der Waals surface area contributed by atoms with Crippen molar-refractivity contribution < 1.29 is 29.6 Å². The zero-order valence-electron chi connectivity index (χ0n) is 8.17. The summed E-state index contributed by atoms with van der Waals surface area (Å²) in [6, 6.07) is 2.93. The number of carbonyl (C=O) groups is 1. The highest BCUT2D eigenvalue weighted by atomic mass is 19.1. The summed E-state index contributed by atoms with van der Waals surface area (Å²) in [6.45, 7) is 0. The van der Waals surface area contributed by atoms with E-state index < -0.39 is 30.4 Å². The van der Waals surface area contributed by atoms with Gasteiger partial charge in [0.05, 0.1) is 12.5 Å². The quantitative estimate of drug-likeness (QED) is 0.600. The fraction of sp³-hybridized carbons (Fsp3) is 0.300. The number of hydrogen-bond donors (Lipinski definition) is 4. The van der Waals surface area contributed by atoms with Crippen LogP contribution >= 0.6 is 0 Å². The van der Waals surface area contributed by atoms with E-state index in [0.29, 0.717) is 0 Å². The third-order valence-corrected chi connectivity index (χ3v) is 2.05.